The molecule has 0 spiro atoms. The van der Waals surface area contributed by atoms with Crippen LogP contribution in [0, 0.1) is 6.92 Å². The number of carbonyl (C=O) groups is 1. The lowest BCUT2D eigenvalue weighted by molar-refractivity contribution is 0.0624. The number of hydrogen-bond acceptors (Lipinski definition) is 2. The van der Waals surface area contributed by atoms with E-state index in [1.165, 1.54) is 11.1 Å². The Kier molecular flexibility index (Phi) is 4.53. The number of nitrogens with one attached hydrogen (secondary N) is 1. The number of hydrogen-bond donors (Lipinski definition) is 1. The molecule has 1 aromatic heterocycles. The largest absolute Gasteiger partial charge is 0.344 e. The molecule has 23 heavy (non-hydrogen) atoms. The first-order valence-electron chi connectivity index (χ1n) is 8.34. The van der Waals surface area contributed by atoms with Crippen molar-refractivity contribution in [1.82, 2.24) is 14.8 Å². The summed E-state index contributed by atoms with van der Waals surface area (Å²) in [5, 5.41) is 3.42. The van der Waals surface area contributed by atoms with E-state index in [1.54, 1.807) is 0 Å². The predicted molar refractivity (Wildman–Crippen MR) is 92.6 cm³/mol. The zero-order chi connectivity index (χ0) is 16.4. The first-order chi connectivity index (χ1) is 11.1. The van der Waals surface area contributed by atoms with Crippen molar-refractivity contribution in [3.63, 3.8) is 0 Å². The average Bonchev–Trinajstić information content (AvgIpc) is 2.93. The first-order valence-corrected chi connectivity index (χ1v) is 8.34. The third-order valence-corrected chi connectivity index (χ3v) is 4.87. The SMILES string of the molecule is CCc1ccc(C2CNCCN2C(=O)c2ccc(C)n2C)cc1. The van der Waals surface area contributed by atoms with Crippen LogP contribution >= 0.6 is 0 Å². The summed E-state index contributed by atoms with van der Waals surface area (Å²) in [6, 6.07) is 12.7. The fraction of sp³-hybridized carbons (Fsp3) is 0.421. The second-order valence-electron chi connectivity index (χ2n) is 6.23. The molecular weight excluding hydrogens is 286 g/mol. The zero-order valence-electron chi connectivity index (χ0n) is 14.2. The van der Waals surface area contributed by atoms with Crippen molar-refractivity contribution in [2.45, 2.75) is 26.3 Å². The number of nitrogens with zero attached hydrogens (tertiary/aromatic N) is 2. The Morgan fingerprint density at radius 1 is 1.22 bits per heavy atom. The molecule has 122 valence electrons. The Balaban J connectivity index is 1.88. The minimum absolute atomic E-state index is 0.0948. The number of carbonyl (C=O) groups excluding carboxylic acids is 1. The monoisotopic (exact) mass is 311 g/mol. The molecule has 1 aliphatic rings. The van der Waals surface area contributed by atoms with Gasteiger partial charge in [-0.2, -0.15) is 0 Å². The molecule has 1 aliphatic heterocycles. The number of amides is 1. The second-order valence-corrected chi connectivity index (χ2v) is 6.23. The second kappa shape index (κ2) is 6.59. The first kappa shape index (κ1) is 15.8. The molecular formula is C19H25N3O. The number of benzene rings is 1. The van der Waals surface area contributed by atoms with Crippen LogP contribution in [0.25, 0.3) is 0 Å². The Hall–Kier alpha value is -2.07. The van der Waals surface area contributed by atoms with E-state index in [9.17, 15) is 4.79 Å². The lowest BCUT2D eigenvalue weighted by Gasteiger charge is -2.36. The maximum absolute atomic E-state index is 13.0. The fourth-order valence-electron chi connectivity index (χ4n) is 3.20. The average molecular weight is 311 g/mol. The van der Waals surface area contributed by atoms with E-state index in [1.807, 2.05) is 35.6 Å². The number of rotatable bonds is 3. The van der Waals surface area contributed by atoms with Gasteiger partial charge >= 0.3 is 0 Å². The third-order valence-electron chi connectivity index (χ3n) is 4.87. The Bertz CT molecular complexity index is 687. The predicted octanol–water partition coefficient (Wildman–Crippen LogP) is 2.68. The summed E-state index contributed by atoms with van der Waals surface area (Å²) >= 11 is 0. The van der Waals surface area contributed by atoms with Gasteiger partial charge in [0.15, 0.2) is 0 Å². The van der Waals surface area contributed by atoms with Crippen LogP contribution in [0.5, 0.6) is 0 Å². The van der Waals surface area contributed by atoms with E-state index in [2.05, 4.69) is 36.5 Å². The molecule has 2 heterocycles. The quantitative estimate of drug-likeness (QED) is 0.946. The van der Waals surface area contributed by atoms with E-state index >= 15 is 0 Å². The minimum Gasteiger partial charge on any atom is -0.344 e. The number of aromatic nitrogens is 1. The molecule has 1 fully saturated rings. The van der Waals surface area contributed by atoms with Crippen molar-refractivity contribution < 1.29 is 4.79 Å². The summed E-state index contributed by atoms with van der Waals surface area (Å²) in [4.78, 5) is 15.0. The van der Waals surface area contributed by atoms with Gasteiger partial charge in [0.25, 0.3) is 5.91 Å². The van der Waals surface area contributed by atoms with Gasteiger partial charge in [0.05, 0.1) is 6.04 Å². The molecule has 4 nitrogen and oxygen atoms in total. The van der Waals surface area contributed by atoms with Crippen molar-refractivity contribution in [1.29, 1.82) is 0 Å². The lowest BCUT2D eigenvalue weighted by atomic mass is 10.0. The molecule has 1 N–H and O–H groups in total. The summed E-state index contributed by atoms with van der Waals surface area (Å²) in [5.41, 5.74) is 4.40. The van der Waals surface area contributed by atoms with Gasteiger partial charge in [0.2, 0.25) is 0 Å². The molecule has 0 radical (unpaired) electrons. The van der Waals surface area contributed by atoms with Gasteiger partial charge in [-0.25, -0.2) is 0 Å². The van der Waals surface area contributed by atoms with Gasteiger partial charge in [-0.05, 0) is 36.6 Å². The van der Waals surface area contributed by atoms with Gasteiger partial charge in [-0.15, -0.1) is 0 Å². The molecule has 1 saturated heterocycles. The molecule has 0 aliphatic carbocycles. The van der Waals surface area contributed by atoms with E-state index < -0.39 is 0 Å². The van der Waals surface area contributed by atoms with E-state index in [-0.39, 0.29) is 11.9 Å². The summed E-state index contributed by atoms with van der Waals surface area (Å²) in [6.07, 6.45) is 1.04. The minimum atomic E-state index is 0.0948. The van der Waals surface area contributed by atoms with Crippen LogP contribution in [0.2, 0.25) is 0 Å². The van der Waals surface area contributed by atoms with Crippen LogP contribution in [0.3, 0.4) is 0 Å². The molecule has 0 saturated carbocycles. The number of aryl methyl sites for hydroxylation is 2. The molecule has 3 rings (SSSR count). The van der Waals surface area contributed by atoms with Crippen LogP contribution in [0.4, 0.5) is 0 Å². The molecule has 1 unspecified atom stereocenters. The van der Waals surface area contributed by atoms with Crippen LogP contribution in [0.1, 0.15) is 40.3 Å². The highest BCUT2D eigenvalue weighted by Crippen LogP contribution is 2.25. The summed E-state index contributed by atoms with van der Waals surface area (Å²) in [6.45, 7) is 6.57. The standard InChI is InChI=1S/C19H25N3O/c1-4-15-6-8-16(9-7-15)18-13-20-11-12-22(18)19(23)17-10-5-14(2)21(17)3/h5-10,18,20H,4,11-13H2,1-3H3. The van der Waals surface area contributed by atoms with Gasteiger partial charge in [0, 0.05) is 32.4 Å². The van der Waals surface area contributed by atoms with Gasteiger partial charge < -0.3 is 14.8 Å². The lowest BCUT2D eigenvalue weighted by Crippen LogP contribution is -2.49. The maximum atomic E-state index is 13.0. The van der Waals surface area contributed by atoms with Crippen molar-refractivity contribution >= 4 is 5.91 Å². The van der Waals surface area contributed by atoms with Crippen molar-refractivity contribution in [2.75, 3.05) is 19.6 Å². The highest BCUT2D eigenvalue weighted by atomic mass is 16.2. The summed E-state index contributed by atoms with van der Waals surface area (Å²) in [5.74, 6) is 0.117. The fourth-order valence-corrected chi connectivity index (χ4v) is 3.20. The van der Waals surface area contributed by atoms with Crippen LogP contribution < -0.4 is 5.32 Å². The molecule has 0 bridgehead atoms. The smallest absolute Gasteiger partial charge is 0.271 e. The highest BCUT2D eigenvalue weighted by Gasteiger charge is 2.29. The molecule has 1 amide bonds. The molecule has 2 aromatic rings. The van der Waals surface area contributed by atoms with E-state index in [4.69, 9.17) is 0 Å². The van der Waals surface area contributed by atoms with E-state index in [0.29, 0.717) is 0 Å². The zero-order valence-corrected chi connectivity index (χ0v) is 14.2. The molecule has 1 aromatic carbocycles. The summed E-state index contributed by atoms with van der Waals surface area (Å²) in [7, 11) is 1.95. The van der Waals surface area contributed by atoms with Crippen molar-refractivity contribution in [2.24, 2.45) is 7.05 Å². The van der Waals surface area contributed by atoms with Crippen molar-refractivity contribution in [3.05, 3.63) is 58.9 Å². The maximum Gasteiger partial charge on any atom is 0.271 e. The van der Waals surface area contributed by atoms with Crippen LogP contribution in [-0.4, -0.2) is 35.0 Å². The Labute approximate surface area is 138 Å². The van der Waals surface area contributed by atoms with Gasteiger partial charge in [-0.3, -0.25) is 4.79 Å². The molecule has 4 heteroatoms. The van der Waals surface area contributed by atoms with Gasteiger partial charge in [-0.1, -0.05) is 31.2 Å². The topological polar surface area (TPSA) is 37.3 Å². The number of piperazine rings is 1. The summed E-state index contributed by atoms with van der Waals surface area (Å²) < 4.78 is 1.97. The van der Waals surface area contributed by atoms with Crippen LogP contribution in [0.15, 0.2) is 36.4 Å². The van der Waals surface area contributed by atoms with Crippen LogP contribution in [-0.2, 0) is 13.5 Å². The van der Waals surface area contributed by atoms with E-state index in [0.717, 1.165) is 37.4 Å². The Morgan fingerprint density at radius 3 is 2.57 bits per heavy atom. The normalized spacial score (nSPS) is 18.2. The highest BCUT2D eigenvalue weighted by molar-refractivity contribution is 5.93. The third kappa shape index (κ3) is 3.04. The molecule has 1 atom stereocenters. The Morgan fingerprint density at radius 2 is 1.96 bits per heavy atom. The van der Waals surface area contributed by atoms with Gasteiger partial charge in [0.1, 0.15) is 5.69 Å². The van der Waals surface area contributed by atoms with Crippen molar-refractivity contribution in [3.8, 4) is 0 Å².